The zero-order valence-electron chi connectivity index (χ0n) is 8.28. The molecule has 1 fully saturated rings. The van der Waals surface area contributed by atoms with Gasteiger partial charge in [0.1, 0.15) is 5.15 Å². The minimum Gasteiger partial charge on any atom is -0.335 e. The molecule has 0 aliphatic carbocycles. The first-order chi connectivity index (χ1) is 7.70. The lowest BCUT2D eigenvalue weighted by Crippen LogP contribution is -2.28. The largest absolute Gasteiger partial charge is 0.335 e. The molecule has 0 saturated carbocycles. The monoisotopic (exact) mass is 278 g/mol. The highest BCUT2D eigenvalue weighted by Gasteiger charge is 2.25. The molecular formula is C9H9Cl3N4. The van der Waals surface area contributed by atoms with Crippen molar-refractivity contribution in [3.63, 3.8) is 0 Å². The summed E-state index contributed by atoms with van der Waals surface area (Å²) in [6.07, 6.45) is 1.73. The molecule has 0 bridgehead atoms. The Hall–Kier alpha value is -0.710. The summed E-state index contributed by atoms with van der Waals surface area (Å²) in [5.74, 6) is 0.568. The molecule has 0 spiro atoms. The second-order valence-corrected chi connectivity index (χ2v) is 4.35. The third kappa shape index (κ3) is 2.51. The predicted octanol–water partition coefficient (Wildman–Crippen LogP) is 2.52. The molecule has 1 aliphatic rings. The van der Waals surface area contributed by atoms with Gasteiger partial charge in [0.15, 0.2) is 0 Å². The third-order valence-electron chi connectivity index (χ3n) is 2.30. The highest BCUT2D eigenvalue weighted by atomic mass is 35.5. The van der Waals surface area contributed by atoms with Crippen molar-refractivity contribution in [1.82, 2.24) is 14.3 Å². The number of guanidine groups is 1. The summed E-state index contributed by atoms with van der Waals surface area (Å²) in [5, 5.41) is 0.482. The molecule has 0 amide bonds. The molecule has 1 aromatic rings. The maximum absolute atomic E-state index is 5.90. The Kier molecular flexibility index (Phi) is 3.74. The van der Waals surface area contributed by atoms with Crippen molar-refractivity contribution in [3.8, 4) is 0 Å². The quantitative estimate of drug-likeness (QED) is 0.616. The minimum absolute atomic E-state index is 0.482. The van der Waals surface area contributed by atoms with Gasteiger partial charge >= 0.3 is 0 Å². The first-order valence-electron chi connectivity index (χ1n) is 4.68. The van der Waals surface area contributed by atoms with Gasteiger partial charge in [0.05, 0.1) is 6.54 Å². The van der Waals surface area contributed by atoms with Gasteiger partial charge in [0.2, 0.25) is 5.96 Å². The van der Waals surface area contributed by atoms with E-state index in [1.165, 1.54) is 4.42 Å². The average molecular weight is 280 g/mol. The van der Waals surface area contributed by atoms with Crippen LogP contribution < -0.4 is 0 Å². The van der Waals surface area contributed by atoms with Crippen LogP contribution in [0, 0.1) is 0 Å². The molecule has 0 unspecified atom stereocenters. The Balaban J connectivity index is 2.08. The van der Waals surface area contributed by atoms with Crippen LogP contribution in [-0.2, 0) is 6.54 Å². The zero-order chi connectivity index (χ0) is 11.5. The zero-order valence-corrected chi connectivity index (χ0v) is 10.5. The van der Waals surface area contributed by atoms with Gasteiger partial charge in [0.25, 0.3) is 0 Å². The van der Waals surface area contributed by atoms with Gasteiger partial charge in [-0.15, -0.1) is 4.51 Å². The van der Waals surface area contributed by atoms with Gasteiger partial charge in [0, 0.05) is 42.8 Å². The Morgan fingerprint density at radius 1 is 1.38 bits per heavy atom. The number of pyridine rings is 1. The SMILES string of the molecule is ClN=C1N(Cl)CCN1Cc1ccc(Cl)nc1. The number of nitrogens with zero attached hydrogens (tertiary/aromatic N) is 4. The van der Waals surface area contributed by atoms with Crippen LogP contribution >= 0.6 is 35.2 Å². The topological polar surface area (TPSA) is 31.7 Å². The molecule has 86 valence electrons. The van der Waals surface area contributed by atoms with E-state index in [0.717, 1.165) is 12.1 Å². The third-order valence-corrected chi connectivity index (χ3v) is 3.00. The van der Waals surface area contributed by atoms with E-state index in [1.807, 2.05) is 11.0 Å². The minimum atomic E-state index is 0.482. The summed E-state index contributed by atoms with van der Waals surface area (Å²) in [4.78, 5) is 5.99. The summed E-state index contributed by atoms with van der Waals surface area (Å²) < 4.78 is 5.12. The van der Waals surface area contributed by atoms with Gasteiger partial charge < -0.3 is 4.90 Å². The van der Waals surface area contributed by atoms with Crippen LogP contribution in [0.1, 0.15) is 5.56 Å². The Morgan fingerprint density at radius 3 is 2.81 bits per heavy atom. The second kappa shape index (κ2) is 5.08. The van der Waals surface area contributed by atoms with E-state index in [0.29, 0.717) is 24.2 Å². The van der Waals surface area contributed by atoms with E-state index < -0.39 is 0 Å². The van der Waals surface area contributed by atoms with Crippen molar-refractivity contribution in [2.24, 2.45) is 4.51 Å². The lowest BCUT2D eigenvalue weighted by molar-refractivity contribution is 0.457. The van der Waals surface area contributed by atoms with Gasteiger partial charge in [-0.2, -0.15) is 0 Å². The van der Waals surface area contributed by atoms with Crippen molar-refractivity contribution in [1.29, 1.82) is 0 Å². The number of halogens is 3. The number of hydrogen-bond donors (Lipinski definition) is 0. The lowest BCUT2D eigenvalue weighted by Gasteiger charge is -2.17. The molecule has 2 rings (SSSR count). The van der Waals surface area contributed by atoms with Crippen molar-refractivity contribution >= 4 is 41.1 Å². The fraction of sp³-hybridized carbons (Fsp3) is 0.333. The molecule has 4 nitrogen and oxygen atoms in total. The van der Waals surface area contributed by atoms with Crippen molar-refractivity contribution < 1.29 is 0 Å². The number of rotatable bonds is 2. The number of hydrogen-bond acceptors (Lipinski definition) is 2. The predicted molar refractivity (Wildman–Crippen MR) is 65.5 cm³/mol. The molecule has 0 aromatic carbocycles. The van der Waals surface area contributed by atoms with Crippen LogP contribution in [0.3, 0.4) is 0 Å². The molecule has 0 N–H and O–H groups in total. The van der Waals surface area contributed by atoms with E-state index in [4.69, 9.17) is 35.2 Å². The molecule has 7 heteroatoms. The van der Waals surface area contributed by atoms with E-state index in [-0.39, 0.29) is 0 Å². The second-order valence-electron chi connectivity index (χ2n) is 3.38. The van der Waals surface area contributed by atoms with Gasteiger partial charge in [-0.3, -0.25) is 4.42 Å². The van der Waals surface area contributed by atoms with Crippen molar-refractivity contribution in [2.75, 3.05) is 13.1 Å². The molecule has 1 aliphatic heterocycles. The molecule has 16 heavy (non-hydrogen) atoms. The van der Waals surface area contributed by atoms with Crippen LogP contribution in [0.5, 0.6) is 0 Å². The molecule has 0 atom stereocenters. The molecule has 0 radical (unpaired) electrons. The summed E-state index contributed by atoms with van der Waals surface area (Å²) in [7, 11) is 0. The number of aromatic nitrogens is 1. The fourth-order valence-electron chi connectivity index (χ4n) is 1.53. The van der Waals surface area contributed by atoms with Gasteiger partial charge in [-0.05, 0) is 11.6 Å². The maximum atomic E-state index is 5.90. The first-order valence-corrected chi connectivity index (χ1v) is 5.74. The fourth-order valence-corrected chi connectivity index (χ4v) is 2.10. The smallest absolute Gasteiger partial charge is 0.229 e. The van der Waals surface area contributed by atoms with Crippen LogP contribution in [-0.4, -0.2) is 33.4 Å². The normalized spacial score (nSPS) is 18.6. The highest BCUT2D eigenvalue weighted by molar-refractivity contribution is 6.29. The van der Waals surface area contributed by atoms with Crippen LogP contribution in [0.15, 0.2) is 22.8 Å². The molecule has 2 heterocycles. The van der Waals surface area contributed by atoms with E-state index in [1.54, 1.807) is 12.3 Å². The van der Waals surface area contributed by atoms with Crippen LogP contribution in [0.2, 0.25) is 5.15 Å². The molecule has 1 aromatic heterocycles. The standard InChI is InChI=1S/C9H9Cl3N4/c10-8-2-1-7(5-13-8)6-15-3-4-16(12)9(15)14-11/h1-2,5H,3-4,6H2. The molecular weight excluding hydrogens is 270 g/mol. The van der Waals surface area contributed by atoms with E-state index in [9.17, 15) is 0 Å². The summed E-state index contributed by atoms with van der Waals surface area (Å²) in [5.41, 5.74) is 1.04. The van der Waals surface area contributed by atoms with Crippen molar-refractivity contribution in [3.05, 3.63) is 29.0 Å². The van der Waals surface area contributed by atoms with Crippen LogP contribution in [0.25, 0.3) is 0 Å². The Morgan fingerprint density at radius 2 is 2.19 bits per heavy atom. The van der Waals surface area contributed by atoms with Gasteiger partial charge in [-0.1, -0.05) is 17.7 Å². The molecule has 1 saturated heterocycles. The average Bonchev–Trinajstić information content (AvgIpc) is 2.63. The summed E-state index contributed by atoms with van der Waals surface area (Å²) in [6, 6.07) is 3.67. The van der Waals surface area contributed by atoms with E-state index >= 15 is 0 Å². The Labute approximate surface area is 109 Å². The highest BCUT2D eigenvalue weighted by Crippen LogP contribution is 2.16. The Bertz CT molecular complexity index is 392. The van der Waals surface area contributed by atoms with Crippen LogP contribution in [0.4, 0.5) is 0 Å². The summed E-state index contributed by atoms with van der Waals surface area (Å²) in [6.45, 7) is 2.16. The van der Waals surface area contributed by atoms with Gasteiger partial charge in [-0.25, -0.2) is 4.98 Å². The summed E-state index contributed by atoms with van der Waals surface area (Å²) >= 11 is 17.1. The van der Waals surface area contributed by atoms with E-state index in [2.05, 4.69) is 9.50 Å². The lowest BCUT2D eigenvalue weighted by atomic mass is 10.3. The van der Waals surface area contributed by atoms with Crippen molar-refractivity contribution in [2.45, 2.75) is 6.54 Å². The first kappa shape index (κ1) is 11.8. The maximum Gasteiger partial charge on any atom is 0.229 e.